The van der Waals surface area contributed by atoms with Crippen LogP contribution in [0.2, 0.25) is 0 Å². The van der Waals surface area contributed by atoms with E-state index in [4.69, 9.17) is 0 Å². The number of hydrogen-bond donors (Lipinski definition) is 0. The number of nitrogens with zero attached hydrogens (tertiary/aromatic N) is 2. The Morgan fingerprint density at radius 1 is 0.562 bits per heavy atom. The van der Waals surface area contributed by atoms with Crippen molar-refractivity contribution in [2.45, 2.75) is 6.16 Å². The minimum atomic E-state index is -2.26. The van der Waals surface area contributed by atoms with Crippen molar-refractivity contribution in [2.75, 3.05) is 0 Å². The Labute approximate surface area is 185 Å². The zero-order chi connectivity index (χ0) is 22.6. The molecule has 0 aliphatic heterocycles. The lowest BCUT2D eigenvalue weighted by Gasteiger charge is -2.27. The molecular weight excluding hydrogens is 423 g/mol. The topological polar surface area (TPSA) is 86.3 Å². The average Bonchev–Trinajstić information content (AvgIpc) is 2.84. The first kappa shape index (κ1) is 21.3. The molecular formula is C25H20N2O4P+. The Morgan fingerprint density at radius 3 is 1.34 bits per heavy atom. The fourth-order valence-corrected chi connectivity index (χ4v) is 8.24. The first-order valence-corrected chi connectivity index (χ1v) is 12.0. The van der Waals surface area contributed by atoms with Crippen molar-refractivity contribution in [3.8, 4) is 0 Å². The van der Waals surface area contributed by atoms with E-state index in [1.54, 1.807) is 6.07 Å². The summed E-state index contributed by atoms with van der Waals surface area (Å²) in [6.45, 7) is 0. The first-order chi connectivity index (χ1) is 15.5. The lowest BCUT2D eigenvalue weighted by molar-refractivity contribution is -0.422. The van der Waals surface area contributed by atoms with Gasteiger partial charge >= 0.3 is 11.4 Å². The number of rotatable bonds is 7. The summed E-state index contributed by atoms with van der Waals surface area (Å²) in [5.41, 5.74) is -0.297. The molecule has 7 heteroatoms. The SMILES string of the molecule is O=[N+]([O-])c1ccc(C[P+](c2ccccc2)(c2ccccc2)c2ccccc2)cc1[N+](=O)[O-]. The van der Waals surface area contributed by atoms with Gasteiger partial charge < -0.3 is 0 Å². The highest BCUT2D eigenvalue weighted by Crippen LogP contribution is 2.58. The molecule has 6 nitrogen and oxygen atoms in total. The van der Waals surface area contributed by atoms with E-state index in [0.29, 0.717) is 11.7 Å². The molecule has 0 saturated heterocycles. The summed E-state index contributed by atoms with van der Waals surface area (Å²) in [5, 5.41) is 26.3. The maximum atomic E-state index is 11.6. The van der Waals surface area contributed by atoms with Crippen molar-refractivity contribution in [2.24, 2.45) is 0 Å². The summed E-state index contributed by atoms with van der Waals surface area (Å²) in [6.07, 6.45) is 0.504. The lowest BCUT2D eigenvalue weighted by atomic mass is 10.2. The van der Waals surface area contributed by atoms with E-state index in [-0.39, 0.29) is 0 Å². The number of hydrogen-bond acceptors (Lipinski definition) is 4. The predicted octanol–water partition coefficient (Wildman–Crippen LogP) is 5.00. The second-order valence-corrected chi connectivity index (χ2v) is 10.8. The van der Waals surface area contributed by atoms with E-state index in [1.807, 2.05) is 54.6 Å². The van der Waals surface area contributed by atoms with Crippen LogP contribution in [0.3, 0.4) is 0 Å². The largest absolute Gasteiger partial charge is 0.346 e. The third-order valence-corrected chi connectivity index (χ3v) is 9.82. The van der Waals surface area contributed by atoms with Crippen molar-refractivity contribution in [3.05, 3.63) is 135 Å². The summed E-state index contributed by atoms with van der Waals surface area (Å²) in [5.74, 6) is 0. The zero-order valence-electron chi connectivity index (χ0n) is 17.1. The van der Waals surface area contributed by atoms with Gasteiger partial charge in [-0.15, -0.1) is 0 Å². The third-order valence-electron chi connectivity index (χ3n) is 5.44. The molecule has 0 fully saturated rings. The molecule has 0 radical (unpaired) electrons. The molecule has 0 amide bonds. The number of benzene rings is 4. The van der Waals surface area contributed by atoms with Crippen LogP contribution in [0.1, 0.15) is 5.56 Å². The van der Waals surface area contributed by atoms with Crippen LogP contribution < -0.4 is 15.9 Å². The summed E-state index contributed by atoms with van der Waals surface area (Å²) in [7, 11) is -2.26. The highest BCUT2D eigenvalue weighted by Gasteiger charge is 2.45. The van der Waals surface area contributed by atoms with E-state index in [2.05, 4.69) is 36.4 Å². The van der Waals surface area contributed by atoms with E-state index in [1.165, 1.54) is 12.1 Å². The molecule has 0 aliphatic rings. The van der Waals surface area contributed by atoms with Crippen molar-refractivity contribution in [3.63, 3.8) is 0 Å². The first-order valence-electron chi connectivity index (χ1n) is 9.99. The van der Waals surface area contributed by atoms with Crippen LogP contribution in [0.5, 0.6) is 0 Å². The fraction of sp³-hybridized carbons (Fsp3) is 0.0400. The van der Waals surface area contributed by atoms with Gasteiger partial charge in [-0.1, -0.05) is 54.6 Å². The van der Waals surface area contributed by atoms with Gasteiger partial charge in [0.25, 0.3) is 0 Å². The molecule has 4 aromatic rings. The second kappa shape index (κ2) is 9.08. The Kier molecular flexibility index (Phi) is 6.06. The van der Waals surface area contributed by atoms with E-state index >= 15 is 0 Å². The molecule has 0 N–H and O–H groups in total. The smallest absolute Gasteiger partial charge is 0.258 e. The third kappa shape index (κ3) is 4.01. The minimum absolute atomic E-state index is 0.486. The Bertz CT molecular complexity index is 1150. The standard InChI is InChI=1S/C25H20N2O4P/c28-26(29)24-17-16-20(18-25(24)27(30)31)19-32(21-10-4-1-5-11-21,22-12-6-2-7-13-22)23-14-8-3-9-15-23/h1-18H,19H2/q+1. The van der Waals surface area contributed by atoms with Crippen LogP contribution in [-0.2, 0) is 6.16 Å². The highest BCUT2D eigenvalue weighted by molar-refractivity contribution is 7.95. The molecule has 0 saturated carbocycles. The molecule has 4 rings (SSSR count). The van der Waals surface area contributed by atoms with E-state index in [9.17, 15) is 20.2 Å². The molecule has 0 spiro atoms. The molecule has 4 aromatic carbocycles. The van der Waals surface area contributed by atoms with Crippen molar-refractivity contribution < 1.29 is 9.85 Å². The van der Waals surface area contributed by atoms with Crippen molar-refractivity contribution >= 4 is 34.6 Å². The second-order valence-electron chi connectivity index (χ2n) is 7.31. The molecule has 0 atom stereocenters. The van der Waals surface area contributed by atoms with Crippen LogP contribution >= 0.6 is 7.26 Å². The van der Waals surface area contributed by atoms with Crippen molar-refractivity contribution in [1.29, 1.82) is 0 Å². The Morgan fingerprint density at radius 2 is 0.969 bits per heavy atom. The van der Waals surface area contributed by atoms with Crippen LogP contribution in [0.25, 0.3) is 0 Å². The molecule has 0 aromatic heterocycles. The van der Waals surface area contributed by atoms with Gasteiger partial charge in [0, 0.05) is 12.1 Å². The summed E-state index contributed by atoms with van der Waals surface area (Å²) in [6, 6.07) is 34.6. The van der Waals surface area contributed by atoms with Gasteiger partial charge in [-0.3, -0.25) is 20.2 Å². The minimum Gasteiger partial charge on any atom is -0.258 e. The normalized spacial score (nSPS) is 11.1. The quantitative estimate of drug-likeness (QED) is 0.229. The fourth-order valence-electron chi connectivity index (χ4n) is 4.01. The maximum Gasteiger partial charge on any atom is 0.346 e. The lowest BCUT2D eigenvalue weighted by Crippen LogP contribution is -2.32. The summed E-state index contributed by atoms with van der Waals surface area (Å²) in [4.78, 5) is 21.5. The van der Waals surface area contributed by atoms with Gasteiger partial charge in [-0.05, 0) is 48.0 Å². The summed E-state index contributed by atoms with van der Waals surface area (Å²) < 4.78 is 0. The molecule has 0 unspecified atom stereocenters. The Balaban J connectivity index is 1.98. The van der Waals surface area contributed by atoms with Crippen LogP contribution in [0.4, 0.5) is 11.4 Å². The van der Waals surface area contributed by atoms with Crippen LogP contribution in [-0.4, -0.2) is 9.85 Å². The molecule has 158 valence electrons. The average molecular weight is 443 g/mol. The monoisotopic (exact) mass is 443 g/mol. The van der Waals surface area contributed by atoms with Gasteiger partial charge in [0.2, 0.25) is 0 Å². The zero-order valence-corrected chi connectivity index (χ0v) is 18.0. The van der Waals surface area contributed by atoms with Gasteiger partial charge in [0.1, 0.15) is 23.2 Å². The van der Waals surface area contributed by atoms with Gasteiger partial charge in [0.15, 0.2) is 0 Å². The number of nitro benzene ring substituents is 2. The molecule has 0 aliphatic carbocycles. The maximum absolute atomic E-state index is 11.6. The Hall–Kier alpha value is -3.89. The van der Waals surface area contributed by atoms with Gasteiger partial charge in [-0.2, -0.15) is 0 Å². The van der Waals surface area contributed by atoms with Crippen LogP contribution in [0.15, 0.2) is 109 Å². The van der Waals surface area contributed by atoms with Crippen LogP contribution in [0, 0.1) is 20.2 Å². The van der Waals surface area contributed by atoms with Gasteiger partial charge in [-0.25, -0.2) is 0 Å². The molecule has 32 heavy (non-hydrogen) atoms. The van der Waals surface area contributed by atoms with E-state index in [0.717, 1.165) is 15.9 Å². The number of nitro groups is 2. The van der Waals surface area contributed by atoms with Crippen molar-refractivity contribution in [1.82, 2.24) is 0 Å². The summed E-state index contributed by atoms with van der Waals surface area (Å²) >= 11 is 0. The predicted molar refractivity (Wildman–Crippen MR) is 129 cm³/mol. The van der Waals surface area contributed by atoms with E-state index < -0.39 is 28.5 Å². The molecule has 0 bridgehead atoms. The highest BCUT2D eigenvalue weighted by atomic mass is 31.2. The molecule has 0 heterocycles. The van der Waals surface area contributed by atoms with Gasteiger partial charge in [0.05, 0.1) is 16.0 Å².